The van der Waals surface area contributed by atoms with Crippen LogP contribution in [0.1, 0.15) is 36.2 Å². The maximum Gasteiger partial charge on any atom is 0.283 e. The Hall–Kier alpha value is -2.82. The molecule has 4 rings (SSSR count). The van der Waals surface area contributed by atoms with Crippen LogP contribution in [0.5, 0.6) is 11.5 Å². The second kappa shape index (κ2) is 11.7. The number of nitrogens with one attached hydrogen (secondary N) is 2. The van der Waals surface area contributed by atoms with Crippen LogP contribution in [0.2, 0.25) is 0 Å². The summed E-state index contributed by atoms with van der Waals surface area (Å²) >= 11 is 0. The van der Waals surface area contributed by atoms with Gasteiger partial charge in [0.25, 0.3) is 5.92 Å². The SMILES string of the molecule is COc1ccc(OCCNCCCF)cc1C1c2[nH]c3ccc(F)cc3c2CC(C)N1CC(F)(F)CO. The Morgan fingerprint density at radius 2 is 2.00 bits per heavy atom. The van der Waals surface area contributed by atoms with Crippen molar-refractivity contribution < 1.29 is 32.1 Å². The Morgan fingerprint density at radius 1 is 1.19 bits per heavy atom. The molecular formula is C27H33F4N3O3. The molecule has 2 heterocycles. The van der Waals surface area contributed by atoms with Crippen LogP contribution in [0.4, 0.5) is 17.6 Å². The molecule has 3 N–H and O–H groups in total. The lowest BCUT2D eigenvalue weighted by atomic mass is 9.87. The summed E-state index contributed by atoms with van der Waals surface area (Å²) in [7, 11) is 1.51. The number of ether oxygens (including phenoxy) is 2. The first-order valence-corrected chi connectivity index (χ1v) is 12.4. The number of hydrogen-bond donors (Lipinski definition) is 3. The van der Waals surface area contributed by atoms with Crippen molar-refractivity contribution in [2.45, 2.75) is 37.8 Å². The van der Waals surface area contributed by atoms with Crippen LogP contribution < -0.4 is 14.8 Å². The molecule has 0 spiro atoms. The van der Waals surface area contributed by atoms with E-state index in [1.165, 1.54) is 19.2 Å². The first-order valence-electron chi connectivity index (χ1n) is 12.4. The highest BCUT2D eigenvalue weighted by Crippen LogP contribution is 2.45. The van der Waals surface area contributed by atoms with Gasteiger partial charge in [0.05, 0.1) is 26.4 Å². The fraction of sp³-hybridized carbons (Fsp3) is 0.481. The molecule has 0 fully saturated rings. The van der Waals surface area contributed by atoms with Crippen LogP contribution in [0.15, 0.2) is 36.4 Å². The van der Waals surface area contributed by atoms with Crippen molar-refractivity contribution >= 4 is 10.9 Å². The summed E-state index contributed by atoms with van der Waals surface area (Å²) in [5.41, 5.74) is 2.86. The van der Waals surface area contributed by atoms with E-state index in [2.05, 4.69) is 10.3 Å². The van der Waals surface area contributed by atoms with E-state index < -0.39 is 25.1 Å². The van der Waals surface area contributed by atoms with Crippen molar-refractivity contribution in [3.63, 3.8) is 0 Å². The van der Waals surface area contributed by atoms with E-state index in [4.69, 9.17) is 9.47 Å². The summed E-state index contributed by atoms with van der Waals surface area (Å²) in [6.07, 6.45) is 0.859. The maximum absolute atomic E-state index is 14.6. The molecule has 0 saturated heterocycles. The van der Waals surface area contributed by atoms with Gasteiger partial charge in [-0.3, -0.25) is 9.29 Å². The molecule has 1 aliphatic rings. The van der Waals surface area contributed by atoms with Gasteiger partial charge in [-0.25, -0.2) is 13.2 Å². The second-order valence-electron chi connectivity index (χ2n) is 9.39. The Balaban J connectivity index is 1.75. The molecule has 2 aromatic carbocycles. The average molecular weight is 524 g/mol. The lowest BCUT2D eigenvalue weighted by molar-refractivity contribution is -0.0865. The molecule has 3 aromatic rings. The Morgan fingerprint density at radius 3 is 2.73 bits per heavy atom. The summed E-state index contributed by atoms with van der Waals surface area (Å²) in [4.78, 5) is 4.98. The number of alkyl halides is 3. The van der Waals surface area contributed by atoms with Crippen LogP contribution in [0, 0.1) is 5.82 Å². The quantitative estimate of drug-likeness (QED) is 0.239. The molecule has 10 heteroatoms. The lowest BCUT2D eigenvalue weighted by Gasteiger charge is -2.42. The van der Waals surface area contributed by atoms with E-state index in [1.54, 1.807) is 29.2 Å². The van der Waals surface area contributed by atoms with E-state index in [9.17, 15) is 22.7 Å². The summed E-state index contributed by atoms with van der Waals surface area (Å²) in [5, 5.41) is 13.1. The van der Waals surface area contributed by atoms with Crippen LogP contribution in [-0.2, 0) is 6.42 Å². The van der Waals surface area contributed by atoms with Gasteiger partial charge >= 0.3 is 0 Å². The van der Waals surface area contributed by atoms with Crippen molar-refractivity contribution in [2.75, 3.05) is 46.6 Å². The molecule has 0 bridgehead atoms. The summed E-state index contributed by atoms with van der Waals surface area (Å²) in [6.45, 7) is 0.915. The van der Waals surface area contributed by atoms with Gasteiger partial charge in [-0.15, -0.1) is 0 Å². The number of benzene rings is 2. The molecule has 37 heavy (non-hydrogen) atoms. The number of rotatable bonds is 12. The summed E-state index contributed by atoms with van der Waals surface area (Å²) in [6, 6.07) is 8.66. The van der Waals surface area contributed by atoms with Crippen molar-refractivity contribution in [2.24, 2.45) is 0 Å². The highest BCUT2D eigenvalue weighted by molar-refractivity contribution is 5.85. The van der Waals surface area contributed by atoms with Crippen LogP contribution in [0.25, 0.3) is 10.9 Å². The first kappa shape index (κ1) is 27.2. The van der Waals surface area contributed by atoms with E-state index in [0.29, 0.717) is 66.2 Å². The van der Waals surface area contributed by atoms with E-state index in [0.717, 1.165) is 5.56 Å². The topological polar surface area (TPSA) is 69.8 Å². The molecule has 1 aromatic heterocycles. The smallest absolute Gasteiger partial charge is 0.283 e. The fourth-order valence-corrected chi connectivity index (χ4v) is 5.00. The predicted molar refractivity (Wildman–Crippen MR) is 134 cm³/mol. The predicted octanol–water partition coefficient (Wildman–Crippen LogP) is 4.61. The maximum atomic E-state index is 14.6. The van der Waals surface area contributed by atoms with Crippen molar-refractivity contribution in [1.29, 1.82) is 0 Å². The minimum absolute atomic E-state index is 0.336. The molecule has 0 amide bonds. The molecule has 1 aliphatic heterocycles. The molecule has 2 unspecified atom stereocenters. The third-order valence-corrected chi connectivity index (χ3v) is 6.75. The third-order valence-electron chi connectivity index (χ3n) is 6.75. The zero-order valence-electron chi connectivity index (χ0n) is 21.0. The standard InChI is InChI=1S/C27H33F4N3O3/c1-17-12-21-20-13-18(29)4-6-23(20)33-25(21)26(34(17)15-27(30,31)16-35)22-14-19(5-7-24(22)36-2)37-11-10-32-9-3-8-28/h4-7,13-14,17,26,32-33,35H,3,8-12,15-16H2,1-2H3. The van der Waals surface area contributed by atoms with Gasteiger partial charge in [0.1, 0.15) is 30.5 Å². The van der Waals surface area contributed by atoms with Crippen LogP contribution in [0.3, 0.4) is 0 Å². The number of nitrogens with zero attached hydrogens (tertiary/aromatic N) is 1. The molecule has 2 atom stereocenters. The number of aliphatic hydroxyl groups excluding tert-OH is 1. The minimum Gasteiger partial charge on any atom is -0.496 e. The largest absolute Gasteiger partial charge is 0.496 e. The first-order chi connectivity index (χ1) is 17.8. The van der Waals surface area contributed by atoms with Gasteiger partial charge in [0.15, 0.2) is 0 Å². The lowest BCUT2D eigenvalue weighted by Crippen LogP contribution is -2.49. The van der Waals surface area contributed by atoms with Gasteiger partial charge in [0.2, 0.25) is 0 Å². The van der Waals surface area contributed by atoms with Gasteiger partial charge in [-0.1, -0.05) is 0 Å². The highest BCUT2D eigenvalue weighted by Gasteiger charge is 2.42. The zero-order chi connectivity index (χ0) is 26.6. The van der Waals surface area contributed by atoms with Crippen LogP contribution in [-0.4, -0.2) is 73.6 Å². The van der Waals surface area contributed by atoms with Gasteiger partial charge in [0, 0.05) is 34.7 Å². The number of halogens is 4. The number of methoxy groups -OCH3 is 1. The normalized spacial score (nSPS) is 18.2. The molecular weight excluding hydrogens is 490 g/mol. The molecule has 0 radical (unpaired) electrons. The van der Waals surface area contributed by atoms with Crippen molar-refractivity contribution in [3.8, 4) is 11.5 Å². The molecule has 0 aliphatic carbocycles. The monoisotopic (exact) mass is 523 g/mol. The molecule has 6 nitrogen and oxygen atoms in total. The number of hydrogen-bond acceptors (Lipinski definition) is 5. The van der Waals surface area contributed by atoms with Crippen molar-refractivity contribution in [1.82, 2.24) is 15.2 Å². The highest BCUT2D eigenvalue weighted by atomic mass is 19.3. The number of H-pyrrole nitrogens is 1. The summed E-state index contributed by atoms with van der Waals surface area (Å²) < 4.78 is 67.0. The van der Waals surface area contributed by atoms with Gasteiger partial charge < -0.3 is 24.9 Å². The average Bonchev–Trinajstić information content (AvgIpc) is 3.23. The zero-order valence-corrected chi connectivity index (χ0v) is 21.0. The third kappa shape index (κ3) is 6.02. The fourth-order valence-electron chi connectivity index (χ4n) is 5.00. The van der Waals surface area contributed by atoms with Gasteiger partial charge in [-0.2, -0.15) is 0 Å². The van der Waals surface area contributed by atoms with E-state index in [1.807, 2.05) is 6.92 Å². The van der Waals surface area contributed by atoms with Crippen molar-refractivity contribution in [3.05, 3.63) is 59.0 Å². The Kier molecular flexibility index (Phi) is 8.61. The Labute approximate surface area is 213 Å². The number of aromatic nitrogens is 1. The molecule has 202 valence electrons. The van der Waals surface area contributed by atoms with E-state index >= 15 is 0 Å². The van der Waals surface area contributed by atoms with Gasteiger partial charge in [-0.05, 0) is 68.3 Å². The summed E-state index contributed by atoms with van der Waals surface area (Å²) in [5.74, 6) is -2.69. The number of fused-ring (bicyclic) bond motifs is 3. The second-order valence-corrected chi connectivity index (χ2v) is 9.39. The number of aromatic amines is 1. The molecule has 0 saturated carbocycles. The van der Waals surface area contributed by atoms with E-state index in [-0.39, 0.29) is 18.5 Å². The van der Waals surface area contributed by atoms with Crippen LogP contribution >= 0.6 is 0 Å². The Bertz CT molecular complexity index is 1200. The number of aliphatic hydroxyl groups is 1. The minimum atomic E-state index is -3.32.